The number of para-hydroxylation sites is 2. The molecular weight excluding hydrogens is 420 g/mol. The Kier molecular flexibility index (Phi) is 5.92. The summed E-state index contributed by atoms with van der Waals surface area (Å²) in [5, 5.41) is 4.23. The Morgan fingerprint density at radius 3 is 2.64 bits per heavy atom. The number of aromatic amines is 1. The van der Waals surface area contributed by atoms with Gasteiger partial charge in [0.2, 0.25) is 0 Å². The van der Waals surface area contributed by atoms with Crippen LogP contribution >= 0.6 is 0 Å². The SMILES string of the molecule is COc1ccc(-c2cc(CCN3CCC(n4c(=O)[nH]c5ccccc54)CC3)on2)cc1OC. The molecule has 0 spiro atoms. The van der Waals surface area contributed by atoms with Crippen LogP contribution in [-0.2, 0) is 6.42 Å². The molecule has 1 aliphatic heterocycles. The Morgan fingerprint density at radius 1 is 1.06 bits per heavy atom. The summed E-state index contributed by atoms with van der Waals surface area (Å²) in [6.45, 7) is 2.80. The van der Waals surface area contributed by atoms with Gasteiger partial charge in [-0.3, -0.25) is 4.57 Å². The van der Waals surface area contributed by atoms with Crippen LogP contribution in [-0.4, -0.2) is 53.5 Å². The Morgan fingerprint density at radius 2 is 1.85 bits per heavy atom. The maximum absolute atomic E-state index is 12.5. The van der Waals surface area contributed by atoms with Crippen LogP contribution in [0.15, 0.2) is 57.8 Å². The molecule has 1 saturated heterocycles. The van der Waals surface area contributed by atoms with E-state index in [2.05, 4.69) is 15.0 Å². The fourth-order valence-electron chi connectivity index (χ4n) is 4.67. The lowest BCUT2D eigenvalue weighted by Crippen LogP contribution is -2.37. The summed E-state index contributed by atoms with van der Waals surface area (Å²) in [7, 11) is 3.24. The second-order valence-electron chi connectivity index (χ2n) is 8.39. The molecular formula is C25H28N4O4. The van der Waals surface area contributed by atoms with E-state index in [0.29, 0.717) is 11.5 Å². The molecule has 0 radical (unpaired) electrons. The van der Waals surface area contributed by atoms with Gasteiger partial charge >= 0.3 is 5.69 Å². The number of rotatable bonds is 7. The zero-order chi connectivity index (χ0) is 22.8. The molecule has 1 aliphatic rings. The lowest BCUT2D eigenvalue weighted by molar-refractivity contribution is 0.184. The van der Waals surface area contributed by atoms with E-state index in [0.717, 1.165) is 66.9 Å². The fraction of sp³-hybridized carbons (Fsp3) is 0.360. The normalized spacial score (nSPS) is 15.2. The van der Waals surface area contributed by atoms with E-state index in [4.69, 9.17) is 14.0 Å². The largest absolute Gasteiger partial charge is 0.493 e. The van der Waals surface area contributed by atoms with Crippen LogP contribution in [0.5, 0.6) is 11.5 Å². The van der Waals surface area contributed by atoms with E-state index in [-0.39, 0.29) is 11.7 Å². The first-order valence-electron chi connectivity index (χ1n) is 11.3. The summed E-state index contributed by atoms with van der Waals surface area (Å²) in [6, 6.07) is 15.8. The van der Waals surface area contributed by atoms with Crippen LogP contribution in [0.4, 0.5) is 0 Å². The molecule has 0 aliphatic carbocycles. The van der Waals surface area contributed by atoms with Gasteiger partial charge in [0, 0.05) is 43.7 Å². The minimum absolute atomic E-state index is 0.0148. The molecule has 0 saturated carbocycles. The predicted molar refractivity (Wildman–Crippen MR) is 126 cm³/mol. The number of imidazole rings is 1. The highest BCUT2D eigenvalue weighted by Crippen LogP contribution is 2.32. The zero-order valence-corrected chi connectivity index (χ0v) is 18.9. The molecule has 5 rings (SSSR count). The minimum atomic E-state index is -0.0148. The summed E-state index contributed by atoms with van der Waals surface area (Å²) in [5.74, 6) is 2.20. The van der Waals surface area contributed by atoms with Crippen molar-refractivity contribution in [3.63, 3.8) is 0 Å². The van der Waals surface area contributed by atoms with Gasteiger partial charge in [-0.2, -0.15) is 0 Å². The summed E-state index contributed by atoms with van der Waals surface area (Å²) in [5.41, 5.74) is 3.58. The van der Waals surface area contributed by atoms with Gasteiger partial charge in [-0.1, -0.05) is 17.3 Å². The number of hydrogen-bond donors (Lipinski definition) is 1. The standard InChI is InChI=1S/C25H28N4O4/c1-31-23-8-7-17(15-24(23)32-2)21-16-19(33-27-21)11-14-28-12-9-18(10-13-28)29-22-6-4-3-5-20(22)26-25(29)30/h3-8,15-16,18H,9-14H2,1-2H3,(H,26,30). The molecule has 172 valence electrons. The molecule has 2 aromatic carbocycles. The van der Waals surface area contributed by atoms with Crippen LogP contribution in [0.3, 0.4) is 0 Å². The van der Waals surface area contributed by atoms with Crippen molar-refractivity contribution in [2.24, 2.45) is 0 Å². The van der Waals surface area contributed by atoms with Crippen molar-refractivity contribution in [1.82, 2.24) is 19.6 Å². The summed E-state index contributed by atoms with van der Waals surface area (Å²) in [4.78, 5) is 17.9. The quantitative estimate of drug-likeness (QED) is 0.462. The maximum atomic E-state index is 12.5. The summed E-state index contributed by atoms with van der Waals surface area (Å²) >= 11 is 0. The molecule has 1 fully saturated rings. The zero-order valence-electron chi connectivity index (χ0n) is 18.9. The number of aromatic nitrogens is 3. The molecule has 0 amide bonds. The average Bonchev–Trinajstić information content (AvgIpc) is 3.46. The number of likely N-dealkylation sites (tertiary alicyclic amines) is 1. The molecule has 4 aromatic rings. The number of fused-ring (bicyclic) bond motifs is 1. The molecule has 33 heavy (non-hydrogen) atoms. The first-order chi connectivity index (χ1) is 16.2. The highest BCUT2D eigenvalue weighted by molar-refractivity contribution is 5.75. The van der Waals surface area contributed by atoms with Crippen molar-refractivity contribution in [3.8, 4) is 22.8 Å². The Balaban J connectivity index is 1.19. The van der Waals surface area contributed by atoms with E-state index in [9.17, 15) is 4.79 Å². The van der Waals surface area contributed by atoms with Crippen LogP contribution in [0.1, 0.15) is 24.6 Å². The highest BCUT2D eigenvalue weighted by Gasteiger charge is 2.23. The third-order valence-corrected chi connectivity index (χ3v) is 6.46. The van der Waals surface area contributed by atoms with Crippen molar-refractivity contribution in [2.45, 2.75) is 25.3 Å². The molecule has 0 bridgehead atoms. The monoisotopic (exact) mass is 448 g/mol. The van der Waals surface area contributed by atoms with Crippen LogP contribution < -0.4 is 15.2 Å². The molecule has 0 atom stereocenters. The van der Waals surface area contributed by atoms with Gasteiger partial charge in [-0.05, 0) is 43.2 Å². The van der Waals surface area contributed by atoms with Gasteiger partial charge in [0.15, 0.2) is 11.5 Å². The van der Waals surface area contributed by atoms with Gasteiger partial charge in [0.25, 0.3) is 0 Å². The third-order valence-electron chi connectivity index (χ3n) is 6.46. The second kappa shape index (κ2) is 9.15. The number of ether oxygens (including phenoxy) is 2. The van der Waals surface area contributed by atoms with Crippen molar-refractivity contribution in [3.05, 3.63) is 64.8 Å². The number of hydrogen-bond acceptors (Lipinski definition) is 6. The molecule has 1 N–H and O–H groups in total. The molecule has 2 aromatic heterocycles. The lowest BCUT2D eigenvalue weighted by Gasteiger charge is -2.32. The summed E-state index contributed by atoms with van der Waals surface area (Å²) < 4.78 is 18.2. The van der Waals surface area contributed by atoms with E-state index < -0.39 is 0 Å². The first-order valence-corrected chi connectivity index (χ1v) is 11.3. The minimum Gasteiger partial charge on any atom is -0.493 e. The maximum Gasteiger partial charge on any atom is 0.326 e. The molecule has 8 nitrogen and oxygen atoms in total. The van der Waals surface area contributed by atoms with E-state index in [1.54, 1.807) is 14.2 Å². The Hall–Kier alpha value is -3.52. The van der Waals surface area contributed by atoms with Gasteiger partial charge in [0.05, 0.1) is 25.3 Å². The average molecular weight is 449 g/mol. The molecule has 0 unspecified atom stereocenters. The van der Waals surface area contributed by atoms with Gasteiger partial charge < -0.3 is 23.9 Å². The van der Waals surface area contributed by atoms with Crippen molar-refractivity contribution in [1.29, 1.82) is 0 Å². The molecule has 3 heterocycles. The Labute approximate surface area is 191 Å². The van der Waals surface area contributed by atoms with Gasteiger partial charge in [0.1, 0.15) is 11.5 Å². The van der Waals surface area contributed by atoms with Crippen LogP contribution in [0.2, 0.25) is 0 Å². The van der Waals surface area contributed by atoms with Crippen LogP contribution in [0.25, 0.3) is 22.3 Å². The predicted octanol–water partition coefficient (Wildman–Crippen LogP) is 3.88. The lowest BCUT2D eigenvalue weighted by atomic mass is 10.0. The molecule has 8 heteroatoms. The van der Waals surface area contributed by atoms with E-state index in [1.165, 1.54) is 0 Å². The smallest absolute Gasteiger partial charge is 0.326 e. The van der Waals surface area contributed by atoms with Crippen molar-refractivity contribution < 1.29 is 14.0 Å². The van der Waals surface area contributed by atoms with Gasteiger partial charge in [-0.15, -0.1) is 0 Å². The van der Waals surface area contributed by atoms with Gasteiger partial charge in [-0.25, -0.2) is 4.79 Å². The van der Waals surface area contributed by atoms with Crippen LogP contribution in [0, 0.1) is 0 Å². The number of nitrogens with one attached hydrogen (secondary N) is 1. The third kappa shape index (κ3) is 4.26. The fourth-order valence-corrected chi connectivity index (χ4v) is 4.67. The second-order valence-corrected chi connectivity index (χ2v) is 8.39. The number of methoxy groups -OCH3 is 2. The Bertz CT molecular complexity index is 1300. The van der Waals surface area contributed by atoms with E-state index >= 15 is 0 Å². The number of benzene rings is 2. The van der Waals surface area contributed by atoms with Crippen molar-refractivity contribution in [2.75, 3.05) is 33.9 Å². The number of piperidine rings is 1. The van der Waals surface area contributed by atoms with Crippen molar-refractivity contribution >= 4 is 11.0 Å². The summed E-state index contributed by atoms with van der Waals surface area (Å²) in [6.07, 6.45) is 2.70. The number of nitrogens with zero attached hydrogens (tertiary/aromatic N) is 3. The highest BCUT2D eigenvalue weighted by atomic mass is 16.5. The number of H-pyrrole nitrogens is 1. The first kappa shape index (κ1) is 21.3. The topological polar surface area (TPSA) is 85.5 Å². The van der Waals surface area contributed by atoms with E-state index in [1.807, 2.05) is 53.1 Å².